The molecule has 20 atom stereocenters. The van der Waals surface area contributed by atoms with Gasteiger partial charge in [-0.3, -0.25) is 10.1 Å². The van der Waals surface area contributed by atoms with E-state index < -0.39 is 96.1 Å². The molecule has 334 valence electrons. The number of methoxy groups -OCH3 is 2. The largest absolute Gasteiger partial charge is 0.459 e. The van der Waals surface area contributed by atoms with Crippen molar-refractivity contribution in [3.8, 4) is 0 Å². The molecule has 2 bridgehead atoms. The minimum Gasteiger partial charge on any atom is -0.459 e. The average molecular weight is 821 g/mol. The molecule has 0 aromatic heterocycles. The van der Waals surface area contributed by atoms with Crippen molar-refractivity contribution in [2.75, 3.05) is 48.1 Å². The molecule has 1 unspecified atom stereocenters. The van der Waals surface area contributed by atoms with Crippen LogP contribution in [0.25, 0.3) is 0 Å². The van der Waals surface area contributed by atoms with E-state index in [4.69, 9.17) is 42.6 Å². The average Bonchev–Trinajstić information content (AvgIpc) is 3.13. The molecule has 0 aliphatic carbocycles. The zero-order chi connectivity index (χ0) is 42.8. The van der Waals surface area contributed by atoms with E-state index in [-0.39, 0.29) is 49.5 Å². The van der Waals surface area contributed by atoms with Crippen molar-refractivity contribution < 1.29 is 67.9 Å². The minimum atomic E-state index is -1.65. The van der Waals surface area contributed by atoms with Gasteiger partial charge in [0.15, 0.2) is 12.6 Å². The second-order valence-electron chi connectivity index (χ2n) is 18.3. The van der Waals surface area contributed by atoms with Crippen molar-refractivity contribution in [1.29, 1.82) is 0 Å². The number of aliphatic hydroxyl groups is 4. The first-order valence-electron chi connectivity index (χ1n) is 20.8. The summed E-state index contributed by atoms with van der Waals surface area (Å²) in [6.45, 7) is 18.8. The predicted molar refractivity (Wildman–Crippen MR) is 209 cm³/mol. The maximum absolute atomic E-state index is 14.3. The van der Waals surface area contributed by atoms with Crippen LogP contribution >= 0.6 is 0 Å². The molecule has 4 saturated heterocycles. The summed E-state index contributed by atoms with van der Waals surface area (Å²) in [7, 11) is 6.89. The predicted octanol–water partition coefficient (Wildman–Crippen LogP) is 1.81. The van der Waals surface area contributed by atoms with Crippen LogP contribution in [-0.2, 0) is 47.4 Å². The molecule has 0 radical (unpaired) electrons. The van der Waals surface area contributed by atoms with Crippen molar-refractivity contribution in [2.24, 2.45) is 23.7 Å². The molecule has 0 aromatic rings. The summed E-state index contributed by atoms with van der Waals surface area (Å²) in [6, 6.07) is -0.593. The zero-order valence-electron chi connectivity index (χ0n) is 36.9. The Morgan fingerprint density at radius 1 is 0.895 bits per heavy atom. The van der Waals surface area contributed by atoms with Gasteiger partial charge in [-0.05, 0) is 81.3 Å². The van der Waals surface area contributed by atoms with Crippen LogP contribution in [0.5, 0.6) is 0 Å². The Bertz CT molecular complexity index is 1280. The quantitative estimate of drug-likeness (QED) is 0.149. The Balaban J connectivity index is 1.81. The van der Waals surface area contributed by atoms with Crippen LogP contribution < -0.4 is 5.32 Å². The number of nitrogens with zero attached hydrogens (tertiary/aromatic N) is 1. The van der Waals surface area contributed by atoms with Crippen LogP contribution in [0.1, 0.15) is 88.5 Å². The van der Waals surface area contributed by atoms with Crippen LogP contribution in [0.4, 0.5) is 0 Å². The third kappa shape index (κ3) is 11.1. The Kier molecular flexibility index (Phi) is 16.8. The monoisotopic (exact) mass is 821 g/mol. The van der Waals surface area contributed by atoms with Crippen LogP contribution in [0.3, 0.4) is 0 Å². The topological polar surface area (TPSA) is 196 Å². The van der Waals surface area contributed by atoms with Crippen molar-refractivity contribution in [2.45, 2.75) is 185 Å². The molecule has 0 saturated carbocycles. The maximum atomic E-state index is 14.3. The number of aliphatic hydroxyl groups excluding tert-OH is 2. The molecular weight excluding hydrogens is 744 g/mol. The van der Waals surface area contributed by atoms with Gasteiger partial charge in [0.05, 0.1) is 67.5 Å². The van der Waals surface area contributed by atoms with E-state index in [0.717, 1.165) is 0 Å². The summed E-state index contributed by atoms with van der Waals surface area (Å²) in [5.74, 6) is -2.97. The SMILES string of the molecule is COCCOC[C@@H]1N[C@@H]2[C@H](C)[C@@H](O1)[C@](C)(O)[C@@H](C)OC(=O)[C@H](C)C(O[C@H]1C[C@@](C)(OC)[C@@H](O)[C@H](C)O1)[C@H](C)[C@@H](O[C@@H]1O[C@H](C)C[C@H](N(C)C)[C@H]1O)[C@](C)(O)C[C@H]2C. The van der Waals surface area contributed by atoms with Crippen LogP contribution in [0.2, 0.25) is 0 Å². The molecule has 5 N–H and O–H groups in total. The summed E-state index contributed by atoms with van der Waals surface area (Å²) in [4.78, 5) is 16.3. The summed E-state index contributed by atoms with van der Waals surface area (Å²) < 4.78 is 55.4. The number of cyclic esters (lactones) is 1. The molecular formula is C41H76N2O14. The number of fused-ring (bicyclic) bond motifs is 2. The summed E-state index contributed by atoms with van der Waals surface area (Å²) in [5, 5.41) is 51.2. The molecule has 57 heavy (non-hydrogen) atoms. The van der Waals surface area contributed by atoms with Gasteiger partial charge in [-0.25, -0.2) is 0 Å². The molecule has 0 aromatic carbocycles. The van der Waals surface area contributed by atoms with Gasteiger partial charge in [0.25, 0.3) is 0 Å². The number of carbonyl (C=O) groups is 1. The highest BCUT2D eigenvalue weighted by atomic mass is 16.7. The lowest BCUT2D eigenvalue weighted by molar-refractivity contribution is -0.318. The maximum Gasteiger partial charge on any atom is 0.311 e. The highest BCUT2D eigenvalue weighted by molar-refractivity contribution is 5.73. The molecule has 16 heteroatoms. The first-order valence-corrected chi connectivity index (χ1v) is 20.8. The van der Waals surface area contributed by atoms with Gasteiger partial charge in [0.1, 0.15) is 30.1 Å². The fourth-order valence-corrected chi connectivity index (χ4v) is 9.60. The normalized spacial score (nSPS) is 49.3. The molecule has 0 spiro atoms. The summed E-state index contributed by atoms with van der Waals surface area (Å²) in [6.07, 6.45) is -8.64. The number of hydrogen-bond acceptors (Lipinski definition) is 16. The second kappa shape index (κ2) is 19.7. The number of rotatable bonds is 11. The number of nitrogens with one attached hydrogen (secondary N) is 1. The zero-order valence-corrected chi connectivity index (χ0v) is 36.9. The fourth-order valence-electron chi connectivity index (χ4n) is 9.60. The highest BCUT2D eigenvalue weighted by Crippen LogP contribution is 2.42. The van der Waals surface area contributed by atoms with Crippen LogP contribution in [0, 0.1) is 23.7 Å². The lowest BCUT2D eigenvalue weighted by atomic mass is 9.72. The van der Waals surface area contributed by atoms with Gasteiger partial charge < -0.3 is 68.0 Å². The van der Waals surface area contributed by atoms with Crippen molar-refractivity contribution in [3.63, 3.8) is 0 Å². The van der Waals surface area contributed by atoms with Gasteiger partial charge in [-0.1, -0.05) is 20.8 Å². The Hall–Kier alpha value is -1.09. The fraction of sp³-hybridized carbons (Fsp3) is 0.976. The van der Waals surface area contributed by atoms with E-state index in [1.165, 1.54) is 7.11 Å². The van der Waals surface area contributed by atoms with Gasteiger partial charge in [0, 0.05) is 44.6 Å². The van der Waals surface area contributed by atoms with E-state index in [9.17, 15) is 25.2 Å². The molecule has 0 amide bonds. The van der Waals surface area contributed by atoms with Gasteiger partial charge in [0.2, 0.25) is 0 Å². The van der Waals surface area contributed by atoms with E-state index in [2.05, 4.69) is 5.32 Å². The molecule has 16 nitrogen and oxygen atoms in total. The van der Waals surface area contributed by atoms with Crippen molar-refractivity contribution >= 4 is 5.97 Å². The second-order valence-corrected chi connectivity index (χ2v) is 18.3. The Morgan fingerprint density at radius 2 is 1.56 bits per heavy atom. The Morgan fingerprint density at radius 3 is 2.18 bits per heavy atom. The lowest BCUT2D eigenvalue weighted by Gasteiger charge is -2.52. The van der Waals surface area contributed by atoms with Crippen molar-refractivity contribution in [3.05, 3.63) is 0 Å². The highest BCUT2D eigenvalue weighted by Gasteiger charge is 2.55. The van der Waals surface area contributed by atoms with Crippen molar-refractivity contribution in [1.82, 2.24) is 10.2 Å². The van der Waals surface area contributed by atoms with Gasteiger partial charge in [-0.2, -0.15) is 0 Å². The third-order valence-electron chi connectivity index (χ3n) is 13.3. The van der Waals surface area contributed by atoms with E-state index in [1.807, 2.05) is 46.7 Å². The third-order valence-corrected chi connectivity index (χ3v) is 13.3. The number of carbonyl (C=O) groups excluding carboxylic acids is 1. The lowest BCUT2D eigenvalue weighted by Crippen LogP contribution is -2.67. The van der Waals surface area contributed by atoms with Crippen LogP contribution in [0.15, 0.2) is 0 Å². The number of esters is 1. The molecule has 4 rings (SSSR count). The van der Waals surface area contributed by atoms with Crippen LogP contribution in [-0.4, -0.2) is 176 Å². The van der Waals surface area contributed by atoms with E-state index in [0.29, 0.717) is 19.6 Å². The molecule has 4 heterocycles. The number of hydrogen-bond donors (Lipinski definition) is 5. The molecule has 4 aliphatic rings. The van der Waals surface area contributed by atoms with Gasteiger partial charge >= 0.3 is 5.97 Å². The van der Waals surface area contributed by atoms with E-state index >= 15 is 0 Å². The standard InChI is InChI=1S/C41H76N2O14/c1-21-18-39(8,47)35(57-38-32(44)28(43(11)12)17-22(2)52-38)24(4)33(56-30-19-40(9,50-14)34(45)26(6)53-30)25(5)37(46)54-27(7)41(10,48)36-23(3)31(21)42-29(55-36)20-51-16-15-49-13/h21-36,38,42,44-45,47-48H,15-20H2,1-14H3/t21-,22-,23+,24+,25-,26+,27-,28+,29-,30+,31+,32-,33?,34+,35-,36-,38+,39-,40-,41-/m1/s1. The molecule has 4 aliphatic heterocycles. The number of ether oxygens (including phenoxy) is 9. The molecule has 4 fully saturated rings. The first-order chi connectivity index (χ1) is 26.5. The summed E-state index contributed by atoms with van der Waals surface area (Å²) >= 11 is 0. The van der Waals surface area contributed by atoms with Gasteiger partial charge in [-0.15, -0.1) is 0 Å². The first kappa shape index (κ1) is 48.6. The minimum absolute atomic E-state index is 0.136. The van der Waals surface area contributed by atoms with E-state index in [1.54, 1.807) is 48.7 Å². The summed E-state index contributed by atoms with van der Waals surface area (Å²) in [5.41, 5.74) is -4.28. The Labute approximate surface area is 340 Å². The smallest absolute Gasteiger partial charge is 0.311 e. The number of likely N-dealkylation sites (N-methyl/N-ethyl adjacent to an activating group) is 1.